The molecule has 5 heteroatoms. The second-order valence-corrected chi connectivity index (χ2v) is 13.8. The molecule has 5 nitrogen and oxygen atoms in total. The van der Waals surface area contributed by atoms with Crippen molar-refractivity contribution in [1.82, 2.24) is 18.8 Å². The summed E-state index contributed by atoms with van der Waals surface area (Å²) in [7, 11) is 0. The number of pyridine rings is 2. The zero-order valence-electron chi connectivity index (χ0n) is 28.9. The molecule has 0 aliphatic rings. The predicted molar refractivity (Wildman–Crippen MR) is 210 cm³/mol. The number of ether oxygens (including phenoxy) is 1. The average molecular weight is 659 g/mol. The van der Waals surface area contributed by atoms with Gasteiger partial charge in [0.2, 0.25) is 0 Å². The lowest BCUT2D eigenvalue weighted by molar-refractivity contribution is 0.484. The second kappa shape index (κ2) is 11.0. The molecule has 0 bridgehead atoms. The van der Waals surface area contributed by atoms with E-state index in [0.29, 0.717) is 0 Å². The molecule has 0 unspecified atom stereocenters. The van der Waals surface area contributed by atoms with E-state index in [1.165, 1.54) is 55.3 Å². The molecule has 0 amide bonds. The Kier molecular flexibility index (Phi) is 6.37. The molecule has 0 saturated heterocycles. The van der Waals surface area contributed by atoms with Crippen LogP contribution in [0.5, 0.6) is 11.5 Å². The van der Waals surface area contributed by atoms with Crippen LogP contribution < -0.4 is 4.74 Å². The van der Waals surface area contributed by atoms with Crippen LogP contribution in [0.1, 0.15) is 22.3 Å². The highest BCUT2D eigenvalue weighted by molar-refractivity contribution is 6.14. The Morgan fingerprint density at radius 3 is 1.27 bits per heavy atom. The number of aryl methyl sites for hydroxylation is 4. The van der Waals surface area contributed by atoms with E-state index in [-0.39, 0.29) is 0 Å². The third-order valence-corrected chi connectivity index (χ3v) is 10.6. The first-order valence-corrected chi connectivity index (χ1v) is 17.4. The van der Waals surface area contributed by atoms with Crippen molar-refractivity contribution in [1.29, 1.82) is 0 Å². The Hall–Kier alpha value is -6.46. The number of nitrogens with zero attached hydrogens (tertiary/aromatic N) is 4. The minimum Gasteiger partial charge on any atom is -0.457 e. The number of rotatable bonds is 4. The third kappa shape index (κ3) is 4.48. The third-order valence-electron chi connectivity index (χ3n) is 10.6. The molecular formula is C46H34N4O. The smallest absolute Gasteiger partial charge is 0.145 e. The number of aromatic nitrogens is 4. The lowest BCUT2D eigenvalue weighted by Gasteiger charge is -2.15. The van der Waals surface area contributed by atoms with E-state index in [2.05, 4.69) is 146 Å². The first kappa shape index (κ1) is 29.5. The molecule has 0 aliphatic carbocycles. The number of imidazole rings is 2. The van der Waals surface area contributed by atoms with Gasteiger partial charge in [-0.25, -0.2) is 9.97 Å². The summed E-state index contributed by atoms with van der Waals surface area (Å²) < 4.78 is 11.0. The van der Waals surface area contributed by atoms with Gasteiger partial charge in [-0.3, -0.25) is 8.80 Å². The Morgan fingerprint density at radius 2 is 0.843 bits per heavy atom. The Balaban J connectivity index is 1.07. The zero-order valence-corrected chi connectivity index (χ0v) is 28.9. The van der Waals surface area contributed by atoms with Crippen LogP contribution in [-0.2, 0) is 0 Å². The van der Waals surface area contributed by atoms with Crippen LogP contribution in [-0.4, -0.2) is 18.8 Å². The Labute approximate surface area is 295 Å². The largest absolute Gasteiger partial charge is 0.457 e. The van der Waals surface area contributed by atoms with Gasteiger partial charge in [0, 0.05) is 46.3 Å². The van der Waals surface area contributed by atoms with E-state index >= 15 is 0 Å². The first-order chi connectivity index (χ1) is 24.9. The van der Waals surface area contributed by atoms with Crippen molar-refractivity contribution in [3.05, 3.63) is 156 Å². The topological polar surface area (TPSA) is 43.8 Å². The van der Waals surface area contributed by atoms with Gasteiger partial charge < -0.3 is 4.74 Å². The summed E-state index contributed by atoms with van der Waals surface area (Å²) in [5.41, 5.74) is 14.2. The van der Waals surface area contributed by atoms with E-state index in [9.17, 15) is 0 Å². The van der Waals surface area contributed by atoms with Crippen molar-refractivity contribution >= 4 is 54.6 Å². The maximum Gasteiger partial charge on any atom is 0.145 e. The number of hydrogen-bond donors (Lipinski definition) is 0. The SMILES string of the molecule is Cc1cccc(C)c1-c1ccc2c3ccc(Oc4ccc5c6ccc(-c7c(C)cccc7C)cc6n6ccnc6c5c4)cc3c3nccn3c2c1. The van der Waals surface area contributed by atoms with Crippen molar-refractivity contribution in [2.24, 2.45) is 0 Å². The van der Waals surface area contributed by atoms with Gasteiger partial charge in [-0.05, 0) is 132 Å². The molecule has 244 valence electrons. The Bertz CT molecular complexity index is 2810. The standard InChI is InChI=1S/C46H34N4O/c1-27-7-5-8-28(2)43(27)31-11-15-37-35-17-13-33(25-39(35)45-47-19-21-49(45)41(37)23-31)51-34-14-18-36-38-16-12-32(44-29(3)9-6-10-30(44)4)24-42(38)50-22-20-48-46(50)40(36)26-34/h5-26H,1-4H3. The first-order valence-electron chi connectivity index (χ1n) is 17.4. The van der Waals surface area contributed by atoms with Gasteiger partial charge in [0.1, 0.15) is 22.8 Å². The maximum atomic E-state index is 6.60. The van der Waals surface area contributed by atoms with E-state index in [4.69, 9.17) is 14.7 Å². The molecule has 0 spiro atoms. The molecule has 51 heavy (non-hydrogen) atoms. The fourth-order valence-electron chi connectivity index (χ4n) is 8.31. The van der Waals surface area contributed by atoms with Crippen LogP contribution in [0.4, 0.5) is 0 Å². The van der Waals surface area contributed by atoms with Crippen molar-refractivity contribution in [2.75, 3.05) is 0 Å². The number of fused-ring (bicyclic) bond motifs is 12. The van der Waals surface area contributed by atoms with Crippen LogP contribution in [0.25, 0.3) is 76.9 Å². The van der Waals surface area contributed by atoms with Crippen molar-refractivity contribution in [3.63, 3.8) is 0 Å². The van der Waals surface area contributed by atoms with Gasteiger partial charge in [0.05, 0.1) is 11.0 Å². The molecule has 0 atom stereocenters. The van der Waals surface area contributed by atoms with E-state index in [0.717, 1.165) is 55.4 Å². The van der Waals surface area contributed by atoms with Crippen LogP contribution in [0, 0.1) is 27.7 Å². The van der Waals surface area contributed by atoms with Gasteiger partial charge in [0.25, 0.3) is 0 Å². The molecule has 0 fully saturated rings. The van der Waals surface area contributed by atoms with Crippen LogP contribution in [0.3, 0.4) is 0 Å². The lowest BCUT2D eigenvalue weighted by atomic mass is 9.94. The van der Waals surface area contributed by atoms with Gasteiger partial charge in [-0.2, -0.15) is 0 Å². The highest BCUT2D eigenvalue weighted by Crippen LogP contribution is 2.39. The molecule has 4 heterocycles. The summed E-state index contributed by atoms with van der Waals surface area (Å²) in [6.45, 7) is 8.72. The summed E-state index contributed by atoms with van der Waals surface area (Å²) in [4.78, 5) is 9.62. The molecule has 10 aromatic rings. The minimum absolute atomic E-state index is 0.761. The normalized spacial score (nSPS) is 11.9. The predicted octanol–water partition coefficient (Wildman–Crippen LogP) is 12.0. The van der Waals surface area contributed by atoms with Gasteiger partial charge in [-0.15, -0.1) is 0 Å². The molecule has 6 aromatic carbocycles. The van der Waals surface area contributed by atoms with E-state index in [1.807, 2.05) is 24.8 Å². The van der Waals surface area contributed by atoms with Gasteiger partial charge in [0.15, 0.2) is 0 Å². The van der Waals surface area contributed by atoms with Crippen molar-refractivity contribution in [2.45, 2.75) is 27.7 Å². The summed E-state index contributed by atoms with van der Waals surface area (Å²) >= 11 is 0. The molecule has 0 N–H and O–H groups in total. The van der Waals surface area contributed by atoms with Crippen LogP contribution in [0.2, 0.25) is 0 Å². The summed E-state index contributed by atoms with van der Waals surface area (Å²) in [6, 6.07) is 39.2. The fourth-order valence-corrected chi connectivity index (χ4v) is 8.31. The zero-order chi connectivity index (χ0) is 34.4. The minimum atomic E-state index is 0.761. The van der Waals surface area contributed by atoms with Gasteiger partial charge >= 0.3 is 0 Å². The Morgan fingerprint density at radius 1 is 0.431 bits per heavy atom. The molecule has 4 aromatic heterocycles. The lowest BCUT2D eigenvalue weighted by Crippen LogP contribution is -1.94. The van der Waals surface area contributed by atoms with E-state index < -0.39 is 0 Å². The van der Waals surface area contributed by atoms with Crippen molar-refractivity contribution < 1.29 is 4.74 Å². The molecule has 10 rings (SSSR count). The highest BCUT2D eigenvalue weighted by Gasteiger charge is 2.16. The maximum absolute atomic E-state index is 6.60. The highest BCUT2D eigenvalue weighted by atomic mass is 16.5. The van der Waals surface area contributed by atoms with Gasteiger partial charge in [-0.1, -0.05) is 60.7 Å². The number of hydrogen-bond acceptors (Lipinski definition) is 3. The van der Waals surface area contributed by atoms with Crippen LogP contribution >= 0.6 is 0 Å². The molecule has 0 aliphatic heterocycles. The molecule has 0 saturated carbocycles. The van der Waals surface area contributed by atoms with Crippen LogP contribution in [0.15, 0.2) is 134 Å². The summed E-state index contributed by atoms with van der Waals surface area (Å²) in [6.07, 6.45) is 7.85. The quantitative estimate of drug-likeness (QED) is 0.177. The summed E-state index contributed by atoms with van der Waals surface area (Å²) in [5, 5.41) is 6.75. The monoisotopic (exact) mass is 658 g/mol. The van der Waals surface area contributed by atoms with Crippen molar-refractivity contribution in [3.8, 4) is 33.8 Å². The fraction of sp³-hybridized carbons (Fsp3) is 0.0870. The molecular weight excluding hydrogens is 625 g/mol. The summed E-state index contributed by atoms with van der Waals surface area (Å²) in [5.74, 6) is 1.52. The second-order valence-electron chi connectivity index (χ2n) is 13.8. The molecule has 0 radical (unpaired) electrons. The van der Waals surface area contributed by atoms with E-state index in [1.54, 1.807) is 0 Å². The average Bonchev–Trinajstić information content (AvgIpc) is 3.83. The number of benzene rings is 6.